The van der Waals surface area contributed by atoms with E-state index in [4.69, 9.17) is 5.73 Å². The van der Waals surface area contributed by atoms with Crippen LogP contribution in [-0.2, 0) is 17.9 Å². The van der Waals surface area contributed by atoms with Crippen molar-refractivity contribution in [3.63, 3.8) is 0 Å². The van der Waals surface area contributed by atoms with Crippen molar-refractivity contribution in [1.29, 1.82) is 0 Å². The predicted molar refractivity (Wildman–Crippen MR) is 74.5 cm³/mol. The van der Waals surface area contributed by atoms with E-state index in [-0.39, 0.29) is 18.4 Å². The number of aryl methyl sites for hydroxylation is 1. The van der Waals surface area contributed by atoms with E-state index >= 15 is 0 Å². The molecule has 0 spiro atoms. The van der Waals surface area contributed by atoms with Crippen molar-refractivity contribution in [3.8, 4) is 0 Å². The molecule has 2 rings (SSSR count). The molecule has 2 aromatic rings. The zero-order chi connectivity index (χ0) is 15.6. The van der Waals surface area contributed by atoms with E-state index < -0.39 is 0 Å². The summed E-state index contributed by atoms with van der Waals surface area (Å²) in [5.41, 5.74) is 7.94. The molecule has 0 atom stereocenters. The second-order valence-corrected chi connectivity index (χ2v) is 4.60. The van der Waals surface area contributed by atoms with Crippen molar-refractivity contribution in [2.75, 3.05) is 5.32 Å². The minimum absolute atomic E-state index is 0.0778. The Morgan fingerprint density at radius 3 is 2.62 bits per heavy atom. The number of anilines is 1. The molecule has 3 N–H and O–H groups in total. The molecular weight excluding hydrogens is 274 g/mol. The zero-order valence-corrected chi connectivity index (χ0v) is 12.1. The van der Waals surface area contributed by atoms with Crippen LogP contribution < -0.4 is 11.1 Å². The van der Waals surface area contributed by atoms with Gasteiger partial charge >= 0.3 is 0 Å². The Labute approximate surface area is 121 Å². The standard InChI is InChI=1S/C12H17N7O2/c1-7-10(4-13)8(2)19(16-7)12(21)6-18-14-5-11(17-18)15-9(3)20/h5H,4,6,13H2,1-3H3,(H,15,17,20). The average Bonchev–Trinajstić information content (AvgIpc) is 2.93. The Morgan fingerprint density at radius 1 is 1.33 bits per heavy atom. The van der Waals surface area contributed by atoms with E-state index in [9.17, 15) is 9.59 Å². The van der Waals surface area contributed by atoms with Crippen molar-refractivity contribution in [2.24, 2.45) is 5.73 Å². The van der Waals surface area contributed by atoms with Crippen LogP contribution in [0.1, 0.15) is 28.7 Å². The minimum atomic E-state index is -0.278. The fourth-order valence-electron chi connectivity index (χ4n) is 2.01. The molecule has 0 saturated heterocycles. The van der Waals surface area contributed by atoms with Gasteiger partial charge in [-0.15, -0.1) is 5.10 Å². The molecule has 0 unspecified atom stereocenters. The van der Waals surface area contributed by atoms with Gasteiger partial charge in [0.05, 0.1) is 11.9 Å². The molecule has 2 aromatic heterocycles. The van der Waals surface area contributed by atoms with Crippen LogP contribution in [0.25, 0.3) is 0 Å². The van der Waals surface area contributed by atoms with Gasteiger partial charge in [-0.05, 0) is 13.8 Å². The summed E-state index contributed by atoms with van der Waals surface area (Å²) in [5, 5.41) is 14.6. The van der Waals surface area contributed by atoms with Gasteiger partial charge in [0.1, 0.15) is 6.54 Å². The zero-order valence-electron chi connectivity index (χ0n) is 12.1. The third kappa shape index (κ3) is 3.14. The third-order valence-electron chi connectivity index (χ3n) is 3.00. The molecule has 21 heavy (non-hydrogen) atoms. The molecule has 9 heteroatoms. The first-order chi connectivity index (χ1) is 9.92. The first-order valence-corrected chi connectivity index (χ1v) is 6.38. The van der Waals surface area contributed by atoms with Gasteiger partial charge in [0.25, 0.3) is 5.91 Å². The summed E-state index contributed by atoms with van der Waals surface area (Å²) in [6, 6.07) is 0. The first kappa shape index (κ1) is 14.9. The Kier molecular flexibility index (Phi) is 4.13. The SMILES string of the molecule is CC(=O)Nc1cnn(CC(=O)n2nc(C)c(CN)c2C)n1. The van der Waals surface area contributed by atoms with Crippen LogP contribution in [0.15, 0.2) is 6.20 Å². The molecular formula is C12H17N7O2. The number of nitrogens with one attached hydrogen (secondary N) is 1. The van der Waals surface area contributed by atoms with Crippen molar-refractivity contribution in [1.82, 2.24) is 24.8 Å². The van der Waals surface area contributed by atoms with E-state index in [1.165, 1.54) is 22.6 Å². The number of carbonyl (C=O) groups is 2. The quantitative estimate of drug-likeness (QED) is 0.808. The van der Waals surface area contributed by atoms with Gasteiger partial charge in [-0.25, -0.2) is 4.68 Å². The third-order valence-corrected chi connectivity index (χ3v) is 3.00. The Morgan fingerprint density at radius 2 is 2.05 bits per heavy atom. The van der Waals surface area contributed by atoms with Crippen LogP contribution in [0.2, 0.25) is 0 Å². The van der Waals surface area contributed by atoms with Crippen LogP contribution in [-0.4, -0.2) is 36.6 Å². The Balaban J connectivity index is 2.14. The average molecular weight is 291 g/mol. The summed E-state index contributed by atoms with van der Waals surface area (Å²) in [4.78, 5) is 24.3. The lowest BCUT2D eigenvalue weighted by Crippen LogP contribution is -2.22. The van der Waals surface area contributed by atoms with Gasteiger partial charge in [-0.2, -0.15) is 15.0 Å². The van der Waals surface area contributed by atoms with Gasteiger partial charge in [-0.1, -0.05) is 0 Å². The van der Waals surface area contributed by atoms with Crippen LogP contribution >= 0.6 is 0 Å². The number of aromatic nitrogens is 5. The lowest BCUT2D eigenvalue weighted by atomic mass is 10.2. The largest absolute Gasteiger partial charge is 0.326 e. The fourth-order valence-corrected chi connectivity index (χ4v) is 2.01. The molecule has 9 nitrogen and oxygen atoms in total. The van der Waals surface area contributed by atoms with Gasteiger partial charge in [0.2, 0.25) is 5.91 Å². The number of nitrogens with two attached hydrogens (primary N) is 1. The molecule has 2 heterocycles. The normalized spacial score (nSPS) is 10.7. The topological polar surface area (TPSA) is 121 Å². The summed E-state index contributed by atoms with van der Waals surface area (Å²) in [5.74, 6) is -0.230. The van der Waals surface area contributed by atoms with Crippen molar-refractivity contribution in [2.45, 2.75) is 33.9 Å². The van der Waals surface area contributed by atoms with Gasteiger partial charge in [0, 0.05) is 24.7 Å². The number of nitrogens with zero attached hydrogens (tertiary/aromatic N) is 5. The number of carbonyl (C=O) groups excluding carboxylic acids is 2. The van der Waals surface area contributed by atoms with Crippen LogP contribution in [0.4, 0.5) is 5.82 Å². The van der Waals surface area contributed by atoms with E-state index in [0.717, 1.165) is 11.3 Å². The fraction of sp³-hybridized carbons (Fsp3) is 0.417. The second kappa shape index (κ2) is 5.83. The molecule has 0 saturated carbocycles. The second-order valence-electron chi connectivity index (χ2n) is 4.60. The van der Waals surface area contributed by atoms with Crippen molar-refractivity contribution < 1.29 is 9.59 Å². The van der Waals surface area contributed by atoms with E-state index in [1.54, 1.807) is 13.8 Å². The number of hydrogen-bond donors (Lipinski definition) is 2. The maximum atomic E-state index is 12.2. The number of amides is 1. The maximum Gasteiger partial charge on any atom is 0.270 e. The Bertz CT molecular complexity index is 686. The van der Waals surface area contributed by atoms with Gasteiger partial charge in [0.15, 0.2) is 5.82 Å². The smallest absolute Gasteiger partial charge is 0.270 e. The van der Waals surface area contributed by atoms with Crippen molar-refractivity contribution >= 4 is 17.6 Å². The molecule has 1 amide bonds. The molecule has 0 bridgehead atoms. The summed E-state index contributed by atoms with van der Waals surface area (Å²) in [6.07, 6.45) is 1.38. The van der Waals surface area contributed by atoms with Crippen LogP contribution in [0.5, 0.6) is 0 Å². The molecule has 0 aromatic carbocycles. The molecule has 0 aliphatic carbocycles. The van der Waals surface area contributed by atoms with Crippen LogP contribution in [0.3, 0.4) is 0 Å². The highest BCUT2D eigenvalue weighted by atomic mass is 16.2. The van der Waals surface area contributed by atoms with E-state index in [2.05, 4.69) is 20.6 Å². The molecule has 0 fully saturated rings. The Hall–Kier alpha value is -2.55. The monoisotopic (exact) mass is 291 g/mol. The predicted octanol–water partition coefficient (Wildman–Crippen LogP) is -0.151. The highest BCUT2D eigenvalue weighted by molar-refractivity contribution is 5.87. The lowest BCUT2D eigenvalue weighted by molar-refractivity contribution is -0.114. The minimum Gasteiger partial charge on any atom is -0.326 e. The number of rotatable bonds is 4. The molecule has 0 radical (unpaired) electrons. The number of hydrogen-bond acceptors (Lipinski definition) is 6. The summed E-state index contributed by atoms with van der Waals surface area (Å²) in [7, 11) is 0. The molecule has 0 aliphatic heterocycles. The van der Waals surface area contributed by atoms with Crippen LogP contribution in [0, 0.1) is 13.8 Å². The lowest BCUT2D eigenvalue weighted by Gasteiger charge is -2.03. The van der Waals surface area contributed by atoms with Gasteiger partial charge in [-0.3, -0.25) is 9.59 Å². The van der Waals surface area contributed by atoms with E-state index in [0.29, 0.717) is 18.1 Å². The summed E-state index contributed by atoms with van der Waals surface area (Å²) < 4.78 is 1.30. The molecule has 0 aliphatic rings. The van der Waals surface area contributed by atoms with Crippen molar-refractivity contribution in [3.05, 3.63) is 23.1 Å². The van der Waals surface area contributed by atoms with Gasteiger partial charge < -0.3 is 11.1 Å². The first-order valence-electron chi connectivity index (χ1n) is 6.38. The van der Waals surface area contributed by atoms with E-state index in [1.807, 2.05) is 0 Å². The maximum absolute atomic E-state index is 12.2. The summed E-state index contributed by atoms with van der Waals surface area (Å²) >= 11 is 0. The molecule has 112 valence electrons. The highest BCUT2D eigenvalue weighted by Crippen LogP contribution is 2.12. The summed E-state index contributed by atoms with van der Waals surface area (Å²) in [6.45, 7) is 5.22. The highest BCUT2D eigenvalue weighted by Gasteiger charge is 2.16.